The predicted octanol–water partition coefficient (Wildman–Crippen LogP) is 1.87. The third-order valence-electron chi connectivity index (χ3n) is 2.44. The largest absolute Gasteiger partial charge is 0.377 e. The van der Waals surface area contributed by atoms with E-state index in [0.29, 0.717) is 17.4 Å². The van der Waals surface area contributed by atoms with Crippen LogP contribution in [0.1, 0.15) is 10.7 Å². The lowest BCUT2D eigenvalue weighted by Gasteiger charge is -1.99. The summed E-state index contributed by atoms with van der Waals surface area (Å²) in [6, 6.07) is 5.88. The molecule has 0 aromatic carbocycles. The van der Waals surface area contributed by atoms with Gasteiger partial charge >= 0.3 is 0 Å². The summed E-state index contributed by atoms with van der Waals surface area (Å²) >= 11 is 2.87. The van der Waals surface area contributed by atoms with Crippen molar-refractivity contribution < 1.29 is 4.74 Å². The summed E-state index contributed by atoms with van der Waals surface area (Å²) in [5, 5.41) is 28.4. The van der Waals surface area contributed by atoms with Crippen LogP contribution in [0, 0.1) is 11.3 Å². The van der Waals surface area contributed by atoms with Crippen molar-refractivity contribution in [3.8, 4) is 21.8 Å². The van der Waals surface area contributed by atoms with Gasteiger partial charge < -0.3 is 4.74 Å². The Hall–Kier alpha value is -2.15. The van der Waals surface area contributed by atoms with E-state index in [9.17, 15) is 0 Å². The molecule has 0 aliphatic rings. The van der Waals surface area contributed by atoms with Crippen LogP contribution in [-0.4, -0.2) is 32.3 Å². The first kappa shape index (κ1) is 12.9. The Balaban J connectivity index is 2.10. The van der Waals surface area contributed by atoms with Gasteiger partial charge in [-0.15, -0.1) is 26.6 Å². The monoisotopic (exact) mass is 304 g/mol. The molecule has 0 aliphatic carbocycles. The molecule has 0 aliphatic heterocycles. The van der Waals surface area contributed by atoms with Crippen molar-refractivity contribution in [2.75, 3.05) is 7.11 Å². The van der Waals surface area contributed by atoms with E-state index in [1.807, 2.05) is 23.6 Å². The molecule has 9 heteroatoms. The molecule has 0 spiro atoms. The molecular formula is C11H8N6OS2. The van der Waals surface area contributed by atoms with Crippen LogP contribution in [-0.2, 0) is 11.3 Å². The first-order chi connectivity index (χ1) is 9.83. The minimum Gasteiger partial charge on any atom is -0.377 e. The van der Waals surface area contributed by atoms with Crippen molar-refractivity contribution in [3.63, 3.8) is 0 Å². The maximum Gasteiger partial charge on any atom is 0.234 e. The van der Waals surface area contributed by atoms with Gasteiger partial charge in [-0.2, -0.15) is 9.94 Å². The van der Waals surface area contributed by atoms with Crippen LogP contribution in [0.3, 0.4) is 0 Å². The molecule has 20 heavy (non-hydrogen) atoms. The average molecular weight is 304 g/mol. The van der Waals surface area contributed by atoms with Crippen LogP contribution >= 0.6 is 22.7 Å². The fourth-order valence-electron chi connectivity index (χ4n) is 1.64. The first-order valence-electron chi connectivity index (χ1n) is 5.55. The minimum absolute atomic E-state index is 0.274. The summed E-state index contributed by atoms with van der Waals surface area (Å²) in [6.45, 7) is 0.395. The van der Waals surface area contributed by atoms with E-state index in [-0.39, 0.29) is 5.69 Å². The third kappa shape index (κ3) is 2.20. The number of nitriles is 1. The van der Waals surface area contributed by atoms with Crippen molar-refractivity contribution in [2.24, 2.45) is 0 Å². The summed E-state index contributed by atoms with van der Waals surface area (Å²) in [7, 11) is 1.60. The molecular weight excluding hydrogens is 296 g/mol. The zero-order chi connectivity index (χ0) is 13.9. The van der Waals surface area contributed by atoms with E-state index < -0.39 is 0 Å². The summed E-state index contributed by atoms with van der Waals surface area (Å²) < 4.78 is 6.56. The molecule has 0 N–H and O–H groups in total. The Kier molecular flexibility index (Phi) is 3.51. The SMILES string of the molecule is COCc1nnc(-n2nnc(C#N)c2-c2cccs2)s1. The Morgan fingerprint density at radius 1 is 1.40 bits per heavy atom. The van der Waals surface area contributed by atoms with Crippen molar-refractivity contribution in [3.05, 3.63) is 28.2 Å². The molecule has 100 valence electrons. The van der Waals surface area contributed by atoms with E-state index in [1.54, 1.807) is 11.8 Å². The highest BCUT2D eigenvalue weighted by atomic mass is 32.1. The number of ether oxygens (including phenoxy) is 1. The van der Waals surface area contributed by atoms with Crippen LogP contribution in [0.5, 0.6) is 0 Å². The molecule has 0 amide bonds. The number of nitrogens with zero attached hydrogens (tertiary/aromatic N) is 6. The minimum atomic E-state index is 0.274. The van der Waals surface area contributed by atoms with Crippen molar-refractivity contribution in [2.45, 2.75) is 6.61 Å². The summed E-state index contributed by atoms with van der Waals surface area (Å²) in [4.78, 5) is 0.912. The number of rotatable bonds is 4. The van der Waals surface area contributed by atoms with Crippen LogP contribution in [0.2, 0.25) is 0 Å². The first-order valence-corrected chi connectivity index (χ1v) is 7.24. The standard InChI is InChI=1S/C11H8N6OS2/c1-18-6-9-14-15-11(20-9)17-10(7(5-12)13-16-17)8-3-2-4-19-8/h2-4H,6H2,1H3. The van der Waals surface area contributed by atoms with Gasteiger partial charge in [-0.05, 0) is 11.4 Å². The van der Waals surface area contributed by atoms with Gasteiger partial charge in [0.1, 0.15) is 23.4 Å². The quantitative estimate of drug-likeness (QED) is 0.731. The van der Waals surface area contributed by atoms with Gasteiger partial charge in [0.15, 0.2) is 5.69 Å². The molecule has 0 fully saturated rings. The van der Waals surface area contributed by atoms with Gasteiger partial charge in [-0.25, -0.2) is 0 Å². The molecule has 3 heterocycles. The highest BCUT2D eigenvalue weighted by Crippen LogP contribution is 2.29. The zero-order valence-corrected chi connectivity index (χ0v) is 12.0. The molecule has 3 rings (SSSR count). The normalized spacial score (nSPS) is 10.6. The summed E-state index contributed by atoms with van der Waals surface area (Å²) in [6.07, 6.45) is 0. The molecule has 0 saturated heterocycles. The van der Waals surface area contributed by atoms with Crippen LogP contribution in [0.15, 0.2) is 17.5 Å². The average Bonchev–Trinajstić information content (AvgIpc) is 3.18. The maximum absolute atomic E-state index is 9.15. The molecule has 0 unspecified atom stereocenters. The lowest BCUT2D eigenvalue weighted by molar-refractivity contribution is 0.184. The maximum atomic E-state index is 9.15. The molecule has 0 atom stereocenters. The van der Waals surface area contributed by atoms with Gasteiger partial charge in [0.25, 0.3) is 0 Å². The predicted molar refractivity (Wildman–Crippen MR) is 73.6 cm³/mol. The smallest absolute Gasteiger partial charge is 0.234 e. The molecule has 3 aromatic heterocycles. The number of thiophene rings is 1. The highest BCUT2D eigenvalue weighted by Gasteiger charge is 2.19. The highest BCUT2D eigenvalue weighted by molar-refractivity contribution is 7.14. The number of aromatic nitrogens is 5. The number of hydrogen-bond donors (Lipinski definition) is 0. The Morgan fingerprint density at radius 3 is 3.00 bits per heavy atom. The lowest BCUT2D eigenvalue weighted by atomic mass is 10.3. The fourth-order valence-corrected chi connectivity index (χ4v) is 3.16. The Bertz CT molecular complexity index is 754. The molecule has 3 aromatic rings. The van der Waals surface area contributed by atoms with E-state index in [2.05, 4.69) is 20.5 Å². The van der Waals surface area contributed by atoms with Gasteiger partial charge in [0.05, 0.1) is 4.88 Å². The van der Waals surface area contributed by atoms with Crippen molar-refractivity contribution in [1.82, 2.24) is 25.2 Å². The second-order valence-electron chi connectivity index (χ2n) is 3.70. The molecule has 0 bridgehead atoms. The Labute approximate surface area is 122 Å². The van der Waals surface area contributed by atoms with Crippen LogP contribution < -0.4 is 0 Å². The number of methoxy groups -OCH3 is 1. The van der Waals surface area contributed by atoms with Crippen LogP contribution in [0.4, 0.5) is 0 Å². The second kappa shape index (κ2) is 5.46. The molecule has 0 saturated carbocycles. The van der Waals surface area contributed by atoms with Crippen molar-refractivity contribution >= 4 is 22.7 Å². The Morgan fingerprint density at radius 2 is 2.30 bits per heavy atom. The zero-order valence-electron chi connectivity index (χ0n) is 10.3. The lowest BCUT2D eigenvalue weighted by Crippen LogP contribution is -1.98. The fraction of sp³-hybridized carbons (Fsp3) is 0.182. The molecule has 7 nitrogen and oxygen atoms in total. The van der Waals surface area contributed by atoms with Gasteiger partial charge in [0.2, 0.25) is 5.13 Å². The number of hydrogen-bond acceptors (Lipinski definition) is 8. The summed E-state index contributed by atoms with van der Waals surface area (Å²) in [5.41, 5.74) is 0.915. The van der Waals surface area contributed by atoms with Gasteiger partial charge in [0, 0.05) is 7.11 Å². The van der Waals surface area contributed by atoms with E-state index in [4.69, 9.17) is 10.00 Å². The van der Waals surface area contributed by atoms with Crippen molar-refractivity contribution in [1.29, 1.82) is 5.26 Å². The second-order valence-corrected chi connectivity index (χ2v) is 5.69. The molecule has 0 radical (unpaired) electrons. The van der Waals surface area contributed by atoms with E-state index in [1.165, 1.54) is 22.7 Å². The third-order valence-corrected chi connectivity index (χ3v) is 4.18. The van der Waals surface area contributed by atoms with Gasteiger partial charge in [-0.1, -0.05) is 22.6 Å². The van der Waals surface area contributed by atoms with E-state index >= 15 is 0 Å². The summed E-state index contributed by atoms with van der Waals surface area (Å²) in [5.74, 6) is 0. The van der Waals surface area contributed by atoms with Crippen LogP contribution in [0.25, 0.3) is 15.7 Å². The topological polar surface area (TPSA) is 89.5 Å². The van der Waals surface area contributed by atoms with E-state index in [0.717, 1.165) is 9.88 Å². The van der Waals surface area contributed by atoms with Gasteiger partial charge in [-0.3, -0.25) is 0 Å².